The summed E-state index contributed by atoms with van der Waals surface area (Å²) in [4.78, 5) is 9.54. The molecule has 0 radical (unpaired) electrons. The van der Waals surface area contributed by atoms with Crippen LogP contribution in [-0.4, -0.2) is 12.4 Å². The molecule has 3 heteroatoms. The van der Waals surface area contributed by atoms with Crippen molar-refractivity contribution in [2.75, 3.05) is 0 Å². The summed E-state index contributed by atoms with van der Waals surface area (Å²) in [6, 6.07) is 33.9. The van der Waals surface area contributed by atoms with E-state index in [2.05, 4.69) is 98.8 Å². The molecule has 0 saturated heterocycles. The number of hydrogen-bond donors (Lipinski definition) is 0. The van der Waals surface area contributed by atoms with Crippen molar-refractivity contribution >= 4 is 29.9 Å². The van der Waals surface area contributed by atoms with Crippen LogP contribution in [0.1, 0.15) is 22.3 Å². The van der Waals surface area contributed by atoms with Crippen molar-refractivity contribution in [3.05, 3.63) is 119 Å². The van der Waals surface area contributed by atoms with E-state index in [9.17, 15) is 0 Å². The Morgan fingerprint density at radius 1 is 0.516 bits per heavy atom. The van der Waals surface area contributed by atoms with Gasteiger partial charge in [0.15, 0.2) is 0 Å². The third kappa shape index (κ3) is 5.65. The summed E-state index contributed by atoms with van der Waals surface area (Å²) in [5.74, 6) is 0. The van der Waals surface area contributed by atoms with Crippen LogP contribution in [0.4, 0.5) is 11.4 Å². The third-order valence-electron chi connectivity index (χ3n) is 5.41. The molecule has 0 atom stereocenters. The predicted molar refractivity (Wildman–Crippen MR) is 129 cm³/mol. The molecule has 0 unspecified atom stereocenters. The van der Waals surface area contributed by atoms with Crippen molar-refractivity contribution in [2.45, 2.75) is 13.8 Å². The van der Waals surface area contributed by atoms with E-state index in [0.29, 0.717) is 0 Å². The Labute approximate surface area is 196 Å². The summed E-state index contributed by atoms with van der Waals surface area (Å²) in [6.07, 6.45) is 4.06. The Hall–Kier alpha value is -2.84. The van der Waals surface area contributed by atoms with E-state index >= 15 is 0 Å². The maximum atomic E-state index is 4.77. The molecule has 0 aromatic heterocycles. The Balaban J connectivity index is 1.61. The van der Waals surface area contributed by atoms with Crippen molar-refractivity contribution in [3.8, 4) is 0 Å². The van der Waals surface area contributed by atoms with Gasteiger partial charge in [0.05, 0.1) is 0 Å². The zero-order chi connectivity index (χ0) is 21.5. The van der Waals surface area contributed by atoms with E-state index in [-0.39, 0.29) is 0 Å². The number of aliphatic imine (C=N–C) groups is 2. The maximum absolute atomic E-state index is 4.77. The zero-order valence-corrected chi connectivity index (χ0v) is 23.5. The second kappa shape index (κ2) is 10.5. The molecule has 2 nitrogen and oxygen atoms in total. The van der Waals surface area contributed by atoms with Gasteiger partial charge in [-0.05, 0) is 0 Å². The Bertz CT molecular complexity index is 1140. The molecular formula is C28H24HgN2. The van der Waals surface area contributed by atoms with Gasteiger partial charge in [-0.15, -0.1) is 0 Å². The van der Waals surface area contributed by atoms with Gasteiger partial charge in [0.2, 0.25) is 0 Å². The summed E-state index contributed by atoms with van der Waals surface area (Å²) in [7, 11) is 0. The van der Waals surface area contributed by atoms with Gasteiger partial charge in [-0.25, -0.2) is 0 Å². The van der Waals surface area contributed by atoms with Crippen LogP contribution in [0.3, 0.4) is 0 Å². The fourth-order valence-electron chi connectivity index (χ4n) is 3.54. The Morgan fingerprint density at radius 3 is 1.35 bits per heavy atom. The van der Waals surface area contributed by atoms with E-state index in [0.717, 1.165) is 11.4 Å². The molecule has 0 N–H and O–H groups in total. The molecule has 0 bridgehead atoms. The van der Waals surface area contributed by atoms with Crippen LogP contribution in [0.25, 0.3) is 0 Å². The molecule has 0 saturated carbocycles. The fourth-order valence-corrected chi connectivity index (χ4v) is 10.3. The molecule has 0 heterocycles. The van der Waals surface area contributed by atoms with Crippen molar-refractivity contribution in [2.24, 2.45) is 9.98 Å². The van der Waals surface area contributed by atoms with Crippen LogP contribution >= 0.6 is 0 Å². The van der Waals surface area contributed by atoms with Crippen LogP contribution in [0.2, 0.25) is 0 Å². The van der Waals surface area contributed by atoms with Gasteiger partial charge in [-0.3, -0.25) is 0 Å². The molecule has 0 aliphatic heterocycles. The quantitative estimate of drug-likeness (QED) is 0.200. The summed E-state index contributed by atoms with van der Waals surface area (Å²) in [5.41, 5.74) is 6.91. The topological polar surface area (TPSA) is 24.7 Å². The SMILES string of the molecule is Cc1ccccc1N=Cc1cccc[c]1[Hg][c]1ccccc1C=Nc1ccccc1C. The first kappa shape index (κ1) is 21.4. The molecule has 0 spiro atoms. The van der Waals surface area contributed by atoms with E-state index in [1.54, 1.807) is 0 Å². The summed E-state index contributed by atoms with van der Waals surface area (Å²) in [5, 5.41) is 0. The van der Waals surface area contributed by atoms with Gasteiger partial charge in [0.25, 0.3) is 0 Å². The average molecular weight is 589 g/mol. The van der Waals surface area contributed by atoms with Crippen molar-refractivity contribution in [1.82, 2.24) is 0 Å². The van der Waals surface area contributed by atoms with Crippen LogP contribution in [0.15, 0.2) is 107 Å². The molecule has 31 heavy (non-hydrogen) atoms. The van der Waals surface area contributed by atoms with Crippen LogP contribution < -0.4 is 6.14 Å². The minimum atomic E-state index is -1.61. The van der Waals surface area contributed by atoms with Crippen LogP contribution in [-0.2, 0) is 24.6 Å². The number of hydrogen-bond acceptors (Lipinski definition) is 2. The van der Waals surface area contributed by atoms with E-state index in [4.69, 9.17) is 9.98 Å². The molecule has 4 aromatic rings. The first-order valence-corrected chi connectivity index (χ1v) is 16.1. The third-order valence-corrected chi connectivity index (χ3v) is 13.4. The van der Waals surface area contributed by atoms with Gasteiger partial charge in [-0.2, -0.15) is 0 Å². The van der Waals surface area contributed by atoms with Crippen LogP contribution in [0, 0.1) is 13.8 Å². The van der Waals surface area contributed by atoms with Crippen molar-refractivity contribution in [1.29, 1.82) is 0 Å². The molecule has 4 aromatic carbocycles. The van der Waals surface area contributed by atoms with E-state index in [1.807, 2.05) is 24.6 Å². The van der Waals surface area contributed by atoms with E-state index in [1.165, 1.54) is 28.4 Å². The summed E-state index contributed by atoms with van der Waals surface area (Å²) >= 11 is -1.61. The van der Waals surface area contributed by atoms with Crippen molar-refractivity contribution in [3.63, 3.8) is 0 Å². The summed E-state index contributed by atoms with van der Waals surface area (Å²) in [6.45, 7) is 4.20. The second-order valence-electron chi connectivity index (χ2n) is 7.66. The monoisotopic (exact) mass is 590 g/mol. The first-order chi connectivity index (χ1) is 15.2. The predicted octanol–water partition coefficient (Wildman–Crippen LogP) is 5.84. The van der Waals surface area contributed by atoms with Gasteiger partial charge < -0.3 is 0 Å². The second-order valence-corrected chi connectivity index (χ2v) is 15.0. The Kier molecular flexibility index (Phi) is 7.21. The zero-order valence-electron chi connectivity index (χ0n) is 18.0. The molecule has 0 amide bonds. The molecule has 4 rings (SSSR count). The number of aryl methyl sites for hydroxylation is 2. The van der Waals surface area contributed by atoms with Gasteiger partial charge in [-0.1, -0.05) is 0 Å². The molecular weight excluding hydrogens is 565 g/mol. The van der Waals surface area contributed by atoms with E-state index < -0.39 is 24.6 Å². The normalized spacial score (nSPS) is 11.2. The van der Waals surface area contributed by atoms with Crippen LogP contribution in [0.5, 0.6) is 0 Å². The molecule has 0 fully saturated rings. The number of benzene rings is 4. The van der Waals surface area contributed by atoms with Crippen molar-refractivity contribution < 1.29 is 24.6 Å². The summed E-state index contributed by atoms with van der Waals surface area (Å²) < 4.78 is 2.94. The first-order valence-electron chi connectivity index (χ1n) is 10.6. The standard InChI is InChI=1S/2C14H12N.Hg/c2*1-12-7-5-6-10-14(12)15-11-13-8-3-2-4-9-13;/h2*2-8,10-11H,1H3;. The molecule has 148 valence electrons. The average Bonchev–Trinajstić information content (AvgIpc) is 2.80. The fraction of sp³-hybridized carbons (Fsp3) is 0.0714. The van der Waals surface area contributed by atoms with Gasteiger partial charge >= 0.3 is 198 Å². The van der Waals surface area contributed by atoms with Gasteiger partial charge in [0.1, 0.15) is 0 Å². The van der Waals surface area contributed by atoms with Gasteiger partial charge in [0, 0.05) is 0 Å². The number of nitrogens with zero attached hydrogens (tertiary/aromatic N) is 2. The number of para-hydroxylation sites is 2. The number of rotatable bonds is 6. The minimum absolute atomic E-state index is 1.03. The molecule has 0 aliphatic carbocycles. The Morgan fingerprint density at radius 2 is 0.903 bits per heavy atom. The molecule has 0 aliphatic rings.